The minimum Gasteiger partial charge on any atom is -0.389 e. The Balaban J connectivity index is 2.18. The van der Waals surface area contributed by atoms with Gasteiger partial charge >= 0.3 is 0 Å². The highest BCUT2D eigenvalue weighted by molar-refractivity contribution is 7.89. The minimum atomic E-state index is -3.51. The lowest BCUT2D eigenvalue weighted by Crippen LogP contribution is -2.33. The molecule has 1 saturated heterocycles. The van der Waals surface area contributed by atoms with E-state index in [1.165, 1.54) is 4.31 Å². The first kappa shape index (κ1) is 16.4. The van der Waals surface area contributed by atoms with Crippen LogP contribution < -0.4 is 5.32 Å². The molecule has 1 heterocycles. The van der Waals surface area contributed by atoms with Crippen molar-refractivity contribution in [1.29, 1.82) is 0 Å². The molecule has 2 unspecified atom stereocenters. The average molecular weight is 312 g/mol. The van der Waals surface area contributed by atoms with Crippen LogP contribution in [0.5, 0.6) is 0 Å². The molecule has 118 valence electrons. The second-order valence-electron chi connectivity index (χ2n) is 5.93. The Bertz CT molecular complexity index is 581. The monoisotopic (exact) mass is 312 g/mol. The van der Waals surface area contributed by atoms with Crippen molar-refractivity contribution in [2.75, 3.05) is 19.6 Å². The number of nitrogens with one attached hydrogen (secondary N) is 1. The third kappa shape index (κ3) is 3.63. The molecule has 1 aromatic carbocycles. The van der Waals surface area contributed by atoms with Crippen LogP contribution in [-0.2, 0) is 10.0 Å². The first-order valence-corrected chi connectivity index (χ1v) is 8.76. The smallest absolute Gasteiger partial charge is 0.243 e. The van der Waals surface area contributed by atoms with Crippen LogP contribution in [0.1, 0.15) is 38.8 Å². The number of β-amino-alcohol motifs (C(OH)–C–C–N with tert-alkyl or cyclic N) is 1. The molecule has 0 aromatic heterocycles. The highest BCUT2D eigenvalue weighted by Gasteiger charge is 2.38. The highest BCUT2D eigenvalue weighted by atomic mass is 32.2. The summed E-state index contributed by atoms with van der Waals surface area (Å²) in [7, 11) is -3.51. The van der Waals surface area contributed by atoms with Crippen molar-refractivity contribution in [3.63, 3.8) is 0 Å². The number of rotatable bonds is 5. The Labute approximate surface area is 127 Å². The van der Waals surface area contributed by atoms with Gasteiger partial charge in [-0.1, -0.05) is 19.1 Å². The summed E-state index contributed by atoms with van der Waals surface area (Å²) >= 11 is 0. The van der Waals surface area contributed by atoms with Crippen molar-refractivity contribution in [2.45, 2.75) is 43.7 Å². The van der Waals surface area contributed by atoms with Gasteiger partial charge < -0.3 is 10.4 Å². The summed E-state index contributed by atoms with van der Waals surface area (Å²) in [5, 5.41) is 13.2. The number of nitrogens with zero attached hydrogens (tertiary/aromatic N) is 1. The van der Waals surface area contributed by atoms with Gasteiger partial charge in [0.25, 0.3) is 0 Å². The molecule has 0 amide bonds. The van der Waals surface area contributed by atoms with Gasteiger partial charge in [-0.3, -0.25) is 0 Å². The van der Waals surface area contributed by atoms with Crippen LogP contribution >= 0.6 is 0 Å². The first-order valence-electron chi connectivity index (χ1n) is 7.32. The van der Waals surface area contributed by atoms with E-state index in [1.807, 2.05) is 26.0 Å². The van der Waals surface area contributed by atoms with Gasteiger partial charge in [0.15, 0.2) is 0 Å². The van der Waals surface area contributed by atoms with Crippen molar-refractivity contribution in [3.05, 3.63) is 29.8 Å². The molecule has 2 rings (SSSR count). The first-order chi connectivity index (χ1) is 9.76. The van der Waals surface area contributed by atoms with E-state index in [1.54, 1.807) is 19.1 Å². The number of sulfonamides is 1. The highest BCUT2D eigenvalue weighted by Crippen LogP contribution is 2.27. The fourth-order valence-electron chi connectivity index (χ4n) is 2.61. The lowest BCUT2D eigenvalue weighted by molar-refractivity contribution is 0.0762. The van der Waals surface area contributed by atoms with E-state index >= 15 is 0 Å². The summed E-state index contributed by atoms with van der Waals surface area (Å²) < 4.78 is 26.4. The Hall–Kier alpha value is -0.950. The number of hydrogen-bond donors (Lipinski definition) is 2. The number of hydrogen-bond acceptors (Lipinski definition) is 4. The maximum atomic E-state index is 12.5. The van der Waals surface area contributed by atoms with Crippen LogP contribution in [0, 0.1) is 0 Å². The molecule has 0 radical (unpaired) electrons. The maximum absolute atomic E-state index is 12.5. The van der Waals surface area contributed by atoms with Gasteiger partial charge in [-0.25, -0.2) is 8.42 Å². The average Bonchev–Trinajstić information content (AvgIpc) is 2.80. The molecule has 1 aliphatic rings. The van der Waals surface area contributed by atoms with E-state index in [9.17, 15) is 13.5 Å². The normalized spacial score (nSPS) is 25.1. The van der Waals surface area contributed by atoms with Gasteiger partial charge in [-0.15, -0.1) is 0 Å². The summed E-state index contributed by atoms with van der Waals surface area (Å²) in [5.74, 6) is 0. The van der Waals surface area contributed by atoms with E-state index in [0.29, 0.717) is 13.0 Å². The zero-order valence-electron chi connectivity index (χ0n) is 12.8. The van der Waals surface area contributed by atoms with Gasteiger partial charge in [0.1, 0.15) is 0 Å². The van der Waals surface area contributed by atoms with Crippen molar-refractivity contribution in [1.82, 2.24) is 9.62 Å². The van der Waals surface area contributed by atoms with Crippen LogP contribution in [0.3, 0.4) is 0 Å². The van der Waals surface area contributed by atoms with Gasteiger partial charge in [-0.05, 0) is 44.5 Å². The zero-order chi connectivity index (χ0) is 15.7. The molecule has 0 bridgehead atoms. The molecule has 1 aromatic rings. The van der Waals surface area contributed by atoms with Crippen LogP contribution in [-0.4, -0.2) is 43.1 Å². The predicted molar refractivity (Wildman–Crippen MR) is 82.5 cm³/mol. The van der Waals surface area contributed by atoms with E-state index in [4.69, 9.17) is 0 Å². The predicted octanol–water partition coefficient (Wildman–Crippen LogP) is 1.50. The Morgan fingerprint density at radius 2 is 2.00 bits per heavy atom. The van der Waals surface area contributed by atoms with Crippen molar-refractivity contribution in [2.24, 2.45) is 0 Å². The Kier molecular flexibility index (Phi) is 4.72. The fraction of sp³-hybridized carbons (Fsp3) is 0.600. The minimum absolute atomic E-state index is 0.158. The van der Waals surface area contributed by atoms with Crippen LogP contribution in [0.4, 0.5) is 0 Å². The van der Waals surface area contributed by atoms with Gasteiger partial charge in [0, 0.05) is 19.1 Å². The van der Waals surface area contributed by atoms with Gasteiger partial charge in [-0.2, -0.15) is 4.31 Å². The molecule has 2 atom stereocenters. The fourth-order valence-corrected chi connectivity index (χ4v) is 4.17. The molecule has 2 N–H and O–H groups in total. The lowest BCUT2D eigenvalue weighted by atomic mass is 10.1. The van der Waals surface area contributed by atoms with Crippen LogP contribution in [0.15, 0.2) is 29.2 Å². The van der Waals surface area contributed by atoms with E-state index in [2.05, 4.69) is 5.32 Å². The third-order valence-electron chi connectivity index (χ3n) is 3.94. The van der Waals surface area contributed by atoms with E-state index in [-0.39, 0.29) is 17.5 Å². The molecule has 1 fully saturated rings. The van der Waals surface area contributed by atoms with E-state index < -0.39 is 15.6 Å². The van der Waals surface area contributed by atoms with Crippen molar-refractivity contribution < 1.29 is 13.5 Å². The molecule has 6 heteroatoms. The molecule has 21 heavy (non-hydrogen) atoms. The standard InChI is InChI=1S/C15H24N2O3S/c1-4-16-12(2)13-5-7-14(8-6-13)21(19,20)17-10-9-15(3,18)11-17/h5-8,12,16,18H,4,9-11H2,1-3H3. The van der Waals surface area contributed by atoms with Crippen molar-refractivity contribution >= 4 is 10.0 Å². The molecule has 1 aliphatic heterocycles. The van der Waals surface area contributed by atoms with Gasteiger partial charge in [0.05, 0.1) is 10.5 Å². The second kappa shape index (κ2) is 6.04. The largest absolute Gasteiger partial charge is 0.389 e. The van der Waals surface area contributed by atoms with Crippen LogP contribution in [0.2, 0.25) is 0 Å². The molecule has 5 nitrogen and oxygen atoms in total. The molecular formula is C15H24N2O3S. The molecule has 0 aliphatic carbocycles. The SMILES string of the molecule is CCNC(C)c1ccc(S(=O)(=O)N2CCC(C)(O)C2)cc1. The zero-order valence-corrected chi connectivity index (χ0v) is 13.7. The summed E-state index contributed by atoms with van der Waals surface area (Å²) in [6, 6.07) is 7.17. The molecule has 0 saturated carbocycles. The van der Waals surface area contributed by atoms with Gasteiger partial charge in [0.2, 0.25) is 10.0 Å². The second-order valence-corrected chi connectivity index (χ2v) is 7.87. The number of benzene rings is 1. The summed E-state index contributed by atoms with van der Waals surface area (Å²) in [6.45, 7) is 7.14. The van der Waals surface area contributed by atoms with Crippen LogP contribution in [0.25, 0.3) is 0 Å². The summed E-state index contributed by atoms with van der Waals surface area (Å²) in [6.07, 6.45) is 0.474. The molecule has 0 spiro atoms. The summed E-state index contributed by atoms with van der Waals surface area (Å²) in [4.78, 5) is 0.285. The Morgan fingerprint density at radius 1 is 1.38 bits per heavy atom. The van der Waals surface area contributed by atoms with Crippen molar-refractivity contribution in [3.8, 4) is 0 Å². The number of aliphatic hydroxyl groups is 1. The van der Waals surface area contributed by atoms with E-state index in [0.717, 1.165) is 12.1 Å². The Morgan fingerprint density at radius 3 is 2.48 bits per heavy atom. The summed E-state index contributed by atoms with van der Waals surface area (Å²) in [5.41, 5.74) is 0.135. The third-order valence-corrected chi connectivity index (χ3v) is 5.80. The quantitative estimate of drug-likeness (QED) is 0.864. The lowest BCUT2D eigenvalue weighted by Gasteiger charge is -2.19. The molecular weight excluding hydrogens is 288 g/mol. The topological polar surface area (TPSA) is 69.6 Å². The maximum Gasteiger partial charge on any atom is 0.243 e.